The fourth-order valence-corrected chi connectivity index (χ4v) is 2.82. The minimum Gasteiger partial charge on any atom is -0.478 e. The lowest BCUT2D eigenvalue weighted by molar-refractivity contribution is 0.0519. The lowest BCUT2D eigenvalue weighted by Gasteiger charge is -2.10. The van der Waals surface area contributed by atoms with Crippen molar-refractivity contribution in [1.82, 2.24) is 15.4 Å². The second-order valence-corrected chi connectivity index (χ2v) is 5.69. The van der Waals surface area contributed by atoms with E-state index >= 15 is 0 Å². The second kappa shape index (κ2) is 7.37. The van der Waals surface area contributed by atoms with Crippen LogP contribution in [0.2, 0.25) is 5.02 Å². The molecule has 2 aromatic carbocycles. The molecule has 0 fully saturated rings. The van der Waals surface area contributed by atoms with Crippen molar-refractivity contribution in [3.05, 3.63) is 58.7 Å². The molecule has 3 rings (SSSR count). The predicted octanol–water partition coefficient (Wildman–Crippen LogP) is 3.67. The summed E-state index contributed by atoms with van der Waals surface area (Å²) in [7, 11) is 0. The van der Waals surface area contributed by atoms with E-state index in [0.717, 1.165) is 5.56 Å². The number of H-pyrrole nitrogens is 1. The molecule has 0 aliphatic heterocycles. The molecule has 0 radical (unpaired) electrons. The Labute approximate surface area is 153 Å². The van der Waals surface area contributed by atoms with Gasteiger partial charge in [0, 0.05) is 5.56 Å². The molecule has 0 amide bonds. The molecule has 0 saturated heterocycles. The van der Waals surface area contributed by atoms with E-state index in [1.807, 2.05) is 12.1 Å². The fraction of sp³-hybridized carbons (Fsp3) is 0.111. The largest absolute Gasteiger partial charge is 0.478 e. The van der Waals surface area contributed by atoms with Crippen LogP contribution in [0.3, 0.4) is 0 Å². The number of carbonyl (C=O) groups excluding carboxylic acids is 1. The fourth-order valence-electron chi connectivity index (χ4n) is 2.56. The van der Waals surface area contributed by atoms with Crippen LogP contribution >= 0.6 is 11.6 Å². The summed E-state index contributed by atoms with van der Waals surface area (Å²) in [5, 5.41) is 19.7. The normalized spacial score (nSPS) is 10.5. The predicted molar refractivity (Wildman–Crippen MR) is 95.2 cm³/mol. The van der Waals surface area contributed by atoms with Crippen molar-refractivity contribution in [1.29, 1.82) is 0 Å². The number of nitrogens with one attached hydrogen (secondary N) is 1. The van der Waals surface area contributed by atoms with E-state index in [0.29, 0.717) is 16.8 Å². The summed E-state index contributed by atoms with van der Waals surface area (Å²) in [5.41, 5.74) is 2.49. The van der Waals surface area contributed by atoms with Gasteiger partial charge in [0.2, 0.25) is 0 Å². The topological polar surface area (TPSA) is 105 Å². The van der Waals surface area contributed by atoms with Crippen molar-refractivity contribution in [2.75, 3.05) is 6.61 Å². The molecule has 1 heterocycles. The van der Waals surface area contributed by atoms with E-state index in [2.05, 4.69) is 15.4 Å². The molecule has 132 valence electrons. The van der Waals surface area contributed by atoms with E-state index in [1.165, 1.54) is 6.07 Å². The Hall–Kier alpha value is -3.19. The molecule has 0 saturated carbocycles. The van der Waals surface area contributed by atoms with Gasteiger partial charge in [0.05, 0.1) is 17.2 Å². The highest BCUT2D eigenvalue weighted by molar-refractivity contribution is 6.33. The Morgan fingerprint density at radius 2 is 1.88 bits per heavy atom. The highest BCUT2D eigenvalue weighted by atomic mass is 35.5. The standard InChI is InChI=1S/C18H14ClN3O4/c1-2-26-18(25)16-15(20-22-21-16)12-6-4-3-5-11(12)10-7-8-13(17(23)24)14(19)9-10/h3-9H,2H2,1H3,(H,23,24)(H,20,21,22). The Bertz CT molecular complexity index is 984. The third-order valence-electron chi connectivity index (χ3n) is 3.71. The first kappa shape index (κ1) is 17.6. The Morgan fingerprint density at radius 1 is 1.15 bits per heavy atom. The average Bonchev–Trinajstić information content (AvgIpc) is 3.11. The number of hydrogen-bond acceptors (Lipinski definition) is 5. The number of nitrogens with zero attached hydrogens (tertiary/aromatic N) is 2. The van der Waals surface area contributed by atoms with Gasteiger partial charge in [-0.3, -0.25) is 0 Å². The maximum Gasteiger partial charge on any atom is 0.361 e. The van der Waals surface area contributed by atoms with Crippen LogP contribution in [-0.4, -0.2) is 39.1 Å². The van der Waals surface area contributed by atoms with Crippen molar-refractivity contribution in [2.24, 2.45) is 0 Å². The van der Waals surface area contributed by atoms with E-state index in [-0.39, 0.29) is 22.9 Å². The first-order chi connectivity index (χ1) is 12.5. The quantitative estimate of drug-likeness (QED) is 0.663. The Balaban J connectivity index is 2.11. The molecule has 1 aromatic heterocycles. The number of rotatable bonds is 5. The molecule has 0 unspecified atom stereocenters. The Kier molecular flexibility index (Phi) is 4.99. The van der Waals surface area contributed by atoms with Gasteiger partial charge in [0.15, 0.2) is 5.69 Å². The van der Waals surface area contributed by atoms with Gasteiger partial charge < -0.3 is 9.84 Å². The summed E-state index contributed by atoms with van der Waals surface area (Å²) in [5.74, 6) is -1.68. The molecule has 0 aliphatic rings. The van der Waals surface area contributed by atoms with E-state index in [4.69, 9.17) is 21.4 Å². The molecule has 26 heavy (non-hydrogen) atoms. The van der Waals surface area contributed by atoms with Crippen LogP contribution in [-0.2, 0) is 4.74 Å². The number of halogens is 1. The lowest BCUT2D eigenvalue weighted by Crippen LogP contribution is -2.07. The number of aromatic nitrogens is 3. The molecular weight excluding hydrogens is 358 g/mol. The maximum absolute atomic E-state index is 12.1. The van der Waals surface area contributed by atoms with Gasteiger partial charge in [-0.25, -0.2) is 9.59 Å². The van der Waals surface area contributed by atoms with Crippen LogP contribution in [0.4, 0.5) is 0 Å². The number of ether oxygens (including phenoxy) is 1. The first-order valence-corrected chi connectivity index (χ1v) is 8.11. The Morgan fingerprint density at radius 3 is 2.54 bits per heavy atom. The molecule has 0 atom stereocenters. The SMILES string of the molecule is CCOC(=O)c1n[nH]nc1-c1ccccc1-c1ccc(C(=O)O)c(Cl)c1. The van der Waals surface area contributed by atoms with Gasteiger partial charge in [-0.1, -0.05) is 41.9 Å². The van der Waals surface area contributed by atoms with Crippen molar-refractivity contribution in [2.45, 2.75) is 6.92 Å². The summed E-state index contributed by atoms with van der Waals surface area (Å²) in [6.07, 6.45) is 0. The van der Waals surface area contributed by atoms with Crippen molar-refractivity contribution in [3.63, 3.8) is 0 Å². The zero-order valence-corrected chi connectivity index (χ0v) is 14.4. The molecule has 0 spiro atoms. The molecule has 0 aliphatic carbocycles. The summed E-state index contributed by atoms with van der Waals surface area (Å²) < 4.78 is 5.01. The van der Waals surface area contributed by atoms with Gasteiger partial charge >= 0.3 is 11.9 Å². The third-order valence-corrected chi connectivity index (χ3v) is 4.02. The number of hydrogen-bond donors (Lipinski definition) is 2. The number of carbonyl (C=O) groups is 2. The summed E-state index contributed by atoms with van der Waals surface area (Å²) in [6, 6.07) is 11.9. The molecule has 8 heteroatoms. The van der Waals surface area contributed by atoms with Crippen LogP contribution in [0.25, 0.3) is 22.4 Å². The molecule has 7 nitrogen and oxygen atoms in total. The van der Waals surface area contributed by atoms with Crippen LogP contribution in [0.5, 0.6) is 0 Å². The minimum absolute atomic E-state index is 0.0153. The third kappa shape index (κ3) is 3.29. The number of aromatic carboxylic acids is 1. The average molecular weight is 372 g/mol. The van der Waals surface area contributed by atoms with E-state index in [9.17, 15) is 9.59 Å². The number of esters is 1. The first-order valence-electron chi connectivity index (χ1n) is 7.73. The van der Waals surface area contributed by atoms with Gasteiger partial charge in [-0.05, 0) is 30.2 Å². The molecule has 3 aromatic rings. The van der Waals surface area contributed by atoms with Gasteiger partial charge in [-0.2, -0.15) is 10.3 Å². The highest BCUT2D eigenvalue weighted by Crippen LogP contribution is 2.34. The van der Waals surface area contributed by atoms with Crippen LogP contribution in [0.15, 0.2) is 42.5 Å². The van der Waals surface area contributed by atoms with E-state index < -0.39 is 11.9 Å². The summed E-state index contributed by atoms with van der Waals surface area (Å²) in [4.78, 5) is 23.2. The number of aromatic amines is 1. The highest BCUT2D eigenvalue weighted by Gasteiger charge is 2.21. The zero-order chi connectivity index (χ0) is 18.7. The van der Waals surface area contributed by atoms with Gasteiger partial charge in [-0.15, -0.1) is 5.10 Å². The number of carboxylic acids is 1. The van der Waals surface area contributed by atoms with Crippen molar-refractivity contribution < 1.29 is 19.4 Å². The summed E-state index contributed by atoms with van der Waals surface area (Å²) >= 11 is 6.09. The number of carboxylic acid groups (broad SMARTS) is 1. The lowest BCUT2D eigenvalue weighted by atomic mass is 9.96. The molecule has 2 N–H and O–H groups in total. The maximum atomic E-state index is 12.1. The van der Waals surface area contributed by atoms with Crippen molar-refractivity contribution >= 4 is 23.5 Å². The van der Waals surface area contributed by atoms with Crippen LogP contribution < -0.4 is 0 Å². The van der Waals surface area contributed by atoms with Gasteiger partial charge in [0.25, 0.3) is 0 Å². The zero-order valence-electron chi connectivity index (χ0n) is 13.7. The molecule has 0 bridgehead atoms. The van der Waals surface area contributed by atoms with Crippen molar-refractivity contribution in [3.8, 4) is 22.4 Å². The monoisotopic (exact) mass is 371 g/mol. The van der Waals surface area contributed by atoms with E-state index in [1.54, 1.807) is 31.2 Å². The second-order valence-electron chi connectivity index (χ2n) is 5.29. The van der Waals surface area contributed by atoms with Gasteiger partial charge in [0.1, 0.15) is 5.69 Å². The minimum atomic E-state index is -1.10. The molecular formula is C18H14ClN3O4. The van der Waals surface area contributed by atoms with Crippen LogP contribution in [0.1, 0.15) is 27.8 Å². The number of benzene rings is 2. The summed E-state index contributed by atoms with van der Waals surface area (Å²) in [6.45, 7) is 1.93. The van der Waals surface area contributed by atoms with Crippen LogP contribution in [0, 0.1) is 0 Å². The smallest absolute Gasteiger partial charge is 0.361 e.